The lowest BCUT2D eigenvalue weighted by Gasteiger charge is -2.25. The Morgan fingerprint density at radius 3 is 2.80 bits per heavy atom. The van der Waals surface area contributed by atoms with Gasteiger partial charge in [-0.1, -0.05) is 24.3 Å². The molecule has 0 saturated carbocycles. The van der Waals surface area contributed by atoms with E-state index in [0.717, 1.165) is 37.1 Å². The van der Waals surface area contributed by atoms with E-state index in [4.69, 9.17) is 4.98 Å². The fourth-order valence-electron chi connectivity index (χ4n) is 2.85. The lowest BCUT2D eigenvalue weighted by atomic mass is 10.0. The number of benzene rings is 1. The Morgan fingerprint density at radius 2 is 2.00 bits per heavy atom. The maximum Gasteiger partial charge on any atom is 0.128 e. The molecule has 106 valence electrons. The minimum Gasteiger partial charge on any atom is -0.329 e. The van der Waals surface area contributed by atoms with Gasteiger partial charge in [0.05, 0.1) is 5.69 Å². The van der Waals surface area contributed by atoms with Crippen LogP contribution in [-0.2, 0) is 25.9 Å². The molecule has 2 heterocycles. The summed E-state index contributed by atoms with van der Waals surface area (Å²) in [5.41, 5.74) is 4.11. The number of hydrogen-bond donors (Lipinski definition) is 0. The summed E-state index contributed by atoms with van der Waals surface area (Å²) in [7, 11) is 2.16. The van der Waals surface area contributed by atoms with Crippen LogP contribution in [0.15, 0.2) is 28.9 Å². The third-order valence-corrected chi connectivity index (χ3v) is 4.74. The molecule has 0 saturated heterocycles. The molecule has 1 aromatic heterocycles. The Kier molecular flexibility index (Phi) is 3.94. The Hall–Kier alpha value is -1.13. The van der Waals surface area contributed by atoms with E-state index in [2.05, 4.69) is 63.6 Å². The molecule has 0 N–H and O–H groups in total. The summed E-state index contributed by atoms with van der Waals surface area (Å²) >= 11 is 3.61. The van der Waals surface area contributed by atoms with Crippen LogP contribution >= 0.6 is 15.9 Å². The predicted octanol–water partition coefficient (Wildman–Crippen LogP) is 3.18. The molecule has 0 atom stereocenters. The molecule has 20 heavy (non-hydrogen) atoms. The summed E-state index contributed by atoms with van der Waals surface area (Å²) in [4.78, 5) is 7.06. The molecule has 0 bridgehead atoms. The predicted molar refractivity (Wildman–Crippen MR) is 84.8 cm³/mol. The van der Waals surface area contributed by atoms with Crippen molar-refractivity contribution in [2.75, 3.05) is 13.6 Å². The van der Waals surface area contributed by atoms with E-state index in [1.54, 1.807) is 0 Å². The summed E-state index contributed by atoms with van der Waals surface area (Å²) in [5.74, 6) is 1.21. The average molecular weight is 334 g/mol. The van der Waals surface area contributed by atoms with E-state index in [-0.39, 0.29) is 0 Å². The quantitative estimate of drug-likeness (QED) is 0.860. The normalized spacial score (nSPS) is 15.3. The lowest BCUT2D eigenvalue weighted by Crippen LogP contribution is -2.31. The van der Waals surface area contributed by atoms with Crippen LogP contribution in [0.1, 0.15) is 22.6 Å². The zero-order chi connectivity index (χ0) is 14.1. The first-order valence-electron chi connectivity index (χ1n) is 7.12. The van der Waals surface area contributed by atoms with E-state index in [0.29, 0.717) is 0 Å². The van der Waals surface area contributed by atoms with Crippen LogP contribution in [0.25, 0.3) is 0 Å². The molecule has 3 nitrogen and oxygen atoms in total. The summed E-state index contributed by atoms with van der Waals surface area (Å²) in [6.45, 7) is 5.32. The van der Waals surface area contributed by atoms with Gasteiger partial charge in [0.15, 0.2) is 0 Å². The fraction of sp³-hybridized carbons (Fsp3) is 0.438. The van der Waals surface area contributed by atoms with Crippen molar-refractivity contribution in [3.8, 4) is 0 Å². The third kappa shape index (κ3) is 2.67. The van der Waals surface area contributed by atoms with E-state index >= 15 is 0 Å². The van der Waals surface area contributed by atoms with Crippen LogP contribution in [0, 0.1) is 6.92 Å². The molecular weight excluding hydrogens is 314 g/mol. The summed E-state index contributed by atoms with van der Waals surface area (Å²) in [5, 5.41) is 0. The van der Waals surface area contributed by atoms with Crippen molar-refractivity contribution in [3.63, 3.8) is 0 Å². The number of halogens is 1. The molecule has 0 spiro atoms. The highest BCUT2D eigenvalue weighted by Gasteiger charge is 2.20. The second-order valence-corrected chi connectivity index (χ2v) is 6.33. The smallest absolute Gasteiger partial charge is 0.128 e. The molecule has 3 rings (SSSR count). The van der Waals surface area contributed by atoms with Gasteiger partial charge in [-0.2, -0.15) is 0 Å². The van der Waals surface area contributed by atoms with Crippen molar-refractivity contribution in [2.24, 2.45) is 0 Å². The summed E-state index contributed by atoms with van der Waals surface area (Å²) in [6.07, 6.45) is 2.07. The lowest BCUT2D eigenvalue weighted by molar-refractivity contribution is 0.266. The van der Waals surface area contributed by atoms with Crippen molar-refractivity contribution >= 4 is 15.9 Å². The molecule has 0 unspecified atom stereocenters. The number of nitrogens with zero attached hydrogens (tertiary/aromatic N) is 3. The Balaban J connectivity index is 1.79. The van der Waals surface area contributed by atoms with Crippen LogP contribution in [0.3, 0.4) is 0 Å². The maximum atomic E-state index is 4.72. The number of fused-ring (bicyclic) bond motifs is 1. The largest absolute Gasteiger partial charge is 0.329 e. The van der Waals surface area contributed by atoms with Gasteiger partial charge in [0, 0.05) is 26.1 Å². The molecule has 2 aromatic rings. The van der Waals surface area contributed by atoms with E-state index < -0.39 is 0 Å². The maximum absolute atomic E-state index is 4.72. The minimum absolute atomic E-state index is 0.984. The average Bonchev–Trinajstić information content (AvgIpc) is 2.74. The fourth-order valence-corrected chi connectivity index (χ4v) is 3.40. The molecule has 4 heteroatoms. The van der Waals surface area contributed by atoms with Gasteiger partial charge in [-0.15, -0.1) is 0 Å². The van der Waals surface area contributed by atoms with Gasteiger partial charge in [-0.3, -0.25) is 4.90 Å². The van der Waals surface area contributed by atoms with Crippen molar-refractivity contribution in [3.05, 3.63) is 51.5 Å². The molecule has 1 aliphatic heterocycles. The summed E-state index contributed by atoms with van der Waals surface area (Å²) in [6, 6.07) is 8.62. The van der Waals surface area contributed by atoms with Gasteiger partial charge < -0.3 is 4.57 Å². The summed E-state index contributed by atoms with van der Waals surface area (Å²) < 4.78 is 3.41. The first-order valence-corrected chi connectivity index (χ1v) is 7.91. The van der Waals surface area contributed by atoms with Crippen LogP contribution in [0.5, 0.6) is 0 Å². The molecule has 0 aliphatic carbocycles. The van der Waals surface area contributed by atoms with Crippen LogP contribution in [-0.4, -0.2) is 28.0 Å². The van der Waals surface area contributed by atoms with E-state index in [9.17, 15) is 0 Å². The van der Waals surface area contributed by atoms with E-state index in [1.807, 2.05) is 0 Å². The van der Waals surface area contributed by atoms with Crippen molar-refractivity contribution in [1.29, 1.82) is 0 Å². The van der Waals surface area contributed by atoms with Crippen LogP contribution in [0.4, 0.5) is 0 Å². The third-order valence-electron chi connectivity index (χ3n) is 4.11. The van der Waals surface area contributed by atoms with Gasteiger partial charge >= 0.3 is 0 Å². The standard InChI is InChI=1S/C16H20BrN3/c1-12-5-3-4-6-13(12)7-8-15-18-16(17)14-11-19(2)9-10-20(14)15/h3-6H,7-11H2,1-2H3. The molecule has 1 aliphatic rings. The number of hydrogen-bond acceptors (Lipinski definition) is 2. The Bertz CT molecular complexity index is 618. The van der Waals surface area contributed by atoms with E-state index in [1.165, 1.54) is 22.6 Å². The topological polar surface area (TPSA) is 21.1 Å². The highest BCUT2D eigenvalue weighted by atomic mass is 79.9. The zero-order valence-electron chi connectivity index (χ0n) is 12.1. The molecule has 0 radical (unpaired) electrons. The molecule has 0 amide bonds. The second kappa shape index (κ2) is 5.70. The Labute approximate surface area is 128 Å². The van der Waals surface area contributed by atoms with Crippen molar-refractivity contribution in [2.45, 2.75) is 32.9 Å². The van der Waals surface area contributed by atoms with Crippen molar-refractivity contribution in [1.82, 2.24) is 14.5 Å². The molecular formula is C16H20BrN3. The van der Waals surface area contributed by atoms with Gasteiger partial charge in [0.25, 0.3) is 0 Å². The highest BCUT2D eigenvalue weighted by molar-refractivity contribution is 9.10. The first kappa shape index (κ1) is 13.8. The van der Waals surface area contributed by atoms with Crippen LogP contribution < -0.4 is 0 Å². The molecule has 0 fully saturated rings. The highest BCUT2D eigenvalue weighted by Crippen LogP contribution is 2.23. The number of imidazole rings is 1. The molecule has 1 aromatic carbocycles. The number of aryl methyl sites for hydroxylation is 3. The minimum atomic E-state index is 0.984. The SMILES string of the molecule is Cc1ccccc1CCc1nc(Br)c2n1CCN(C)C2. The van der Waals surface area contributed by atoms with Gasteiger partial charge in [0.1, 0.15) is 10.4 Å². The van der Waals surface area contributed by atoms with Crippen molar-refractivity contribution < 1.29 is 0 Å². The van der Waals surface area contributed by atoms with Crippen LogP contribution in [0.2, 0.25) is 0 Å². The van der Waals surface area contributed by atoms with Gasteiger partial charge in [0.2, 0.25) is 0 Å². The monoisotopic (exact) mass is 333 g/mol. The van der Waals surface area contributed by atoms with Gasteiger partial charge in [-0.25, -0.2) is 4.98 Å². The number of likely N-dealkylation sites (N-methyl/N-ethyl adjacent to an activating group) is 1. The Morgan fingerprint density at radius 1 is 1.20 bits per heavy atom. The van der Waals surface area contributed by atoms with Gasteiger partial charge in [-0.05, 0) is 47.4 Å². The number of aromatic nitrogens is 2. The zero-order valence-corrected chi connectivity index (χ0v) is 13.7. The number of rotatable bonds is 3. The second-order valence-electron chi connectivity index (χ2n) is 5.58. The first-order chi connectivity index (χ1) is 9.65.